The maximum Gasteiger partial charge on any atom is 0.335 e. The summed E-state index contributed by atoms with van der Waals surface area (Å²) in [5.74, 6) is -0.611. The average Bonchev–Trinajstić information content (AvgIpc) is 2.96. The molecule has 0 fully saturated rings. The van der Waals surface area contributed by atoms with Crippen LogP contribution >= 0.6 is 0 Å². The highest BCUT2D eigenvalue weighted by Crippen LogP contribution is 2.25. The summed E-state index contributed by atoms with van der Waals surface area (Å²) in [6.07, 6.45) is 0. The van der Waals surface area contributed by atoms with Gasteiger partial charge in [0.15, 0.2) is 0 Å². The summed E-state index contributed by atoms with van der Waals surface area (Å²) in [7, 11) is 0. The molecule has 0 radical (unpaired) electrons. The number of nitrogens with one attached hydrogen (secondary N) is 3. The Morgan fingerprint density at radius 1 is 1.17 bits per heavy atom. The van der Waals surface area contributed by atoms with E-state index in [1.807, 2.05) is 31.2 Å². The summed E-state index contributed by atoms with van der Waals surface area (Å²) < 4.78 is 0. The van der Waals surface area contributed by atoms with Crippen LogP contribution in [-0.4, -0.2) is 33.6 Å². The summed E-state index contributed by atoms with van der Waals surface area (Å²) in [6.45, 7) is 2.35. The second-order valence-corrected chi connectivity index (χ2v) is 5.19. The number of rotatable bonds is 4. The molecule has 3 aromatic rings. The number of fused-ring (bicyclic) bond motifs is 1. The molecule has 0 saturated carbocycles. The van der Waals surface area contributed by atoms with Crippen molar-refractivity contribution >= 4 is 29.0 Å². The Bertz CT molecular complexity index is 917. The van der Waals surface area contributed by atoms with Crippen molar-refractivity contribution in [2.24, 2.45) is 0 Å². The quantitative estimate of drug-likeness (QED) is 0.591. The summed E-state index contributed by atoms with van der Waals surface area (Å²) in [4.78, 5) is 30.0. The van der Waals surface area contributed by atoms with Crippen LogP contribution in [0.25, 0.3) is 22.2 Å². The second-order valence-electron chi connectivity index (χ2n) is 5.19. The number of anilines is 1. The number of carboxylic acid groups (broad SMARTS) is 1. The minimum absolute atomic E-state index is 0.232. The number of urea groups is 1. The molecule has 7 heteroatoms. The Labute approximate surface area is 137 Å². The van der Waals surface area contributed by atoms with Crippen LogP contribution in [0.15, 0.2) is 42.5 Å². The number of carboxylic acids is 1. The number of hydrogen-bond acceptors (Lipinski definition) is 3. The van der Waals surface area contributed by atoms with Gasteiger partial charge in [-0.05, 0) is 42.3 Å². The lowest BCUT2D eigenvalue weighted by Gasteiger charge is -2.03. The molecule has 0 spiro atoms. The standard InChI is InChI=1S/C17H16N4O3/c1-2-18-17(24)21-16-19-13-7-6-11(9-14(13)20-16)10-4-3-5-12(8-10)15(22)23/h3-9H,2H2,1H3,(H,22,23)(H3,18,19,20,21,24). The highest BCUT2D eigenvalue weighted by atomic mass is 16.4. The smallest absolute Gasteiger partial charge is 0.335 e. The van der Waals surface area contributed by atoms with Gasteiger partial charge in [-0.2, -0.15) is 0 Å². The fourth-order valence-electron chi connectivity index (χ4n) is 2.39. The second kappa shape index (κ2) is 6.41. The van der Waals surface area contributed by atoms with Crippen molar-refractivity contribution in [1.82, 2.24) is 15.3 Å². The van der Waals surface area contributed by atoms with Crippen LogP contribution in [0, 0.1) is 0 Å². The van der Waals surface area contributed by atoms with E-state index in [1.165, 1.54) is 0 Å². The Kier molecular flexibility index (Phi) is 4.15. The van der Waals surface area contributed by atoms with E-state index in [0.717, 1.165) is 16.6 Å². The van der Waals surface area contributed by atoms with Gasteiger partial charge in [-0.1, -0.05) is 18.2 Å². The van der Waals surface area contributed by atoms with Crippen molar-refractivity contribution in [3.05, 3.63) is 48.0 Å². The van der Waals surface area contributed by atoms with E-state index < -0.39 is 5.97 Å². The predicted octanol–water partition coefficient (Wildman–Crippen LogP) is 3.07. The molecule has 122 valence electrons. The summed E-state index contributed by atoms with van der Waals surface area (Å²) in [6, 6.07) is 11.9. The molecule has 0 saturated heterocycles. The van der Waals surface area contributed by atoms with Crippen molar-refractivity contribution in [2.75, 3.05) is 11.9 Å². The van der Waals surface area contributed by atoms with Crippen LogP contribution < -0.4 is 10.6 Å². The largest absolute Gasteiger partial charge is 0.478 e. The molecule has 0 aliphatic rings. The van der Waals surface area contributed by atoms with Crippen LogP contribution in [0.3, 0.4) is 0 Å². The monoisotopic (exact) mass is 324 g/mol. The molecule has 4 N–H and O–H groups in total. The van der Waals surface area contributed by atoms with Gasteiger partial charge in [0.2, 0.25) is 5.95 Å². The third-order valence-electron chi connectivity index (χ3n) is 3.49. The fraction of sp³-hybridized carbons (Fsp3) is 0.118. The third-order valence-corrected chi connectivity index (χ3v) is 3.49. The molecule has 24 heavy (non-hydrogen) atoms. The number of H-pyrrole nitrogens is 1. The zero-order chi connectivity index (χ0) is 17.1. The van der Waals surface area contributed by atoms with Crippen molar-refractivity contribution in [3.8, 4) is 11.1 Å². The number of aromatic carboxylic acids is 1. The maximum atomic E-state index is 11.5. The summed E-state index contributed by atoms with van der Waals surface area (Å²) in [5.41, 5.74) is 3.35. The van der Waals surface area contributed by atoms with Gasteiger partial charge in [0.1, 0.15) is 0 Å². The van der Waals surface area contributed by atoms with E-state index in [0.29, 0.717) is 18.0 Å². The minimum atomic E-state index is -0.965. The first-order valence-corrected chi connectivity index (χ1v) is 7.45. The fourth-order valence-corrected chi connectivity index (χ4v) is 2.39. The number of nitrogens with zero attached hydrogens (tertiary/aromatic N) is 1. The Balaban J connectivity index is 1.92. The lowest BCUT2D eigenvalue weighted by molar-refractivity contribution is 0.0697. The molecule has 0 atom stereocenters. The average molecular weight is 324 g/mol. The van der Waals surface area contributed by atoms with Crippen LogP contribution in [0.4, 0.5) is 10.7 Å². The number of amides is 2. The SMILES string of the molecule is CCNC(=O)Nc1nc2ccc(-c3cccc(C(=O)O)c3)cc2[nH]1. The van der Waals surface area contributed by atoms with Crippen LogP contribution in [0.2, 0.25) is 0 Å². The van der Waals surface area contributed by atoms with Crippen molar-refractivity contribution in [2.45, 2.75) is 6.92 Å². The number of carbonyl (C=O) groups excluding carboxylic acids is 1. The zero-order valence-corrected chi connectivity index (χ0v) is 13.0. The first-order valence-electron chi connectivity index (χ1n) is 7.45. The Morgan fingerprint density at radius 2 is 1.96 bits per heavy atom. The van der Waals surface area contributed by atoms with Crippen LogP contribution in [0.1, 0.15) is 17.3 Å². The molecule has 2 aromatic carbocycles. The normalized spacial score (nSPS) is 10.5. The predicted molar refractivity (Wildman–Crippen MR) is 91.2 cm³/mol. The lowest BCUT2D eigenvalue weighted by atomic mass is 10.0. The van der Waals surface area contributed by atoms with Gasteiger partial charge in [-0.15, -0.1) is 0 Å². The number of hydrogen-bond donors (Lipinski definition) is 4. The first-order chi connectivity index (χ1) is 11.6. The van der Waals surface area contributed by atoms with Gasteiger partial charge in [0, 0.05) is 6.54 Å². The zero-order valence-electron chi connectivity index (χ0n) is 13.0. The van der Waals surface area contributed by atoms with Gasteiger partial charge in [0.25, 0.3) is 0 Å². The van der Waals surface area contributed by atoms with Crippen molar-refractivity contribution in [3.63, 3.8) is 0 Å². The molecule has 0 aliphatic carbocycles. The Hall–Kier alpha value is -3.35. The summed E-state index contributed by atoms with van der Waals surface area (Å²) >= 11 is 0. The number of aromatic nitrogens is 2. The van der Waals surface area contributed by atoms with Gasteiger partial charge in [0.05, 0.1) is 16.6 Å². The maximum absolute atomic E-state index is 11.5. The molecule has 0 bridgehead atoms. The number of carbonyl (C=O) groups is 2. The van der Waals surface area contributed by atoms with Gasteiger partial charge >= 0.3 is 12.0 Å². The molecule has 1 heterocycles. The third kappa shape index (κ3) is 3.19. The van der Waals surface area contributed by atoms with Gasteiger partial charge in [-0.25, -0.2) is 14.6 Å². The first kappa shape index (κ1) is 15.5. The molecular weight excluding hydrogens is 308 g/mol. The van der Waals surface area contributed by atoms with Crippen molar-refractivity contribution < 1.29 is 14.7 Å². The Morgan fingerprint density at radius 3 is 2.71 bits per heavy atom. The molecular formula is C17H16N4O3. The number of imidazole rings is 1. The van der Waals surface area contributed by atoms with Crippen molar-refractivity contribution in [1.29, 1.82) is 0 Å². The molecule has 3 rings (SSSR count). The lowest BCUT2D eigenvalue weighted by Crippen LogP contribution is -2.28. The molecule has 7 nitrogen and oxygen atoms in total. The van der Waals surface area contributed by atoms with E-state index >= 15 is 0 Å². The van der Waals surface area contributed by atoms with Crippen LogP contribution in [0.5, 0.6) is 0 Å². The van der Waals surface area contributed by atoms with Gasteiger partial charge in [-0.3, -0.25) is 5.32 Å². The van der Waals surface area contributed by atoms with Crippen LogP contribution in [-0.2, 0) is 0 Å². The number of benzene rings is 2. The van der Waals surface area contributed by atoms with E-state index in [-0.39, 0.29) is 11.6 Å². The molecule has 2 amide bonds. The summed E-state index contributed by atoms with van der Waals surface area (Å²) in [5, 5.41) is 14.3. The minimum Gasteiger partial charge on any atom is -0.478 e. The van der Waals surface area contributed by atoms with E-state index in [1.54, 1.807) is 18.2 Å². The number of aromatic amines is 1. The highest BCUT2D eigenvalue weighted by Gasteiger charge is 2.09. The van der Waals surface area contributed by atoms with E-state index in [2.05, 4.69) is 20.6 Å². The molecule has 1 aromatic heterocycles. The molecule has 0 unspecified atom stereocenters. The topological polar surface area (TPSA) is 107 Å². The van der Waals surface area contributed by atoms with Gasteiger partial charge < -0.3 is 15.4 Å². The molecule has 0 aliphatic heterocycles. The van der Waals surface area contributed by atoms with E-state index in [4.69, 9.17) is 5.11 Å². The highest BCUT2D eigenvalue weighted by molar-refractivity contribution is 5.92. The van der Waals surface area contributed by atoms with E-state index in [9.17, 15) is 9.59 Å².